The molecule has 3 aromatic heterocycles. The predicted molar refractivity (Wildman–Crippen MR) is 92.3 cm³/mol. The highest BCUT2D eigenvalue weighted by molar-refractivity contribution is 5.93. The lowest BCUT2D eigenvalue weighted by molar-refractivity contribution is 0.0998. The summed E-state index contributed by atoms with van der Waals surface area (Å²) in [6.45, 7) is 1.62. The van der Waals surface area contributed by atoms with Crippen molar-refractivity contribution >= 4 is 5.91 Å². The Labute approximate surface area is 153 Å². The van der Waals surface area contributed by atoms with Gasteiger partial charge >= 0.3 is 0 Å². The molecule has 3 rings (SSSR count). The van der Waals surface area contributed by atoms with Crippen LogP contribution in [-0.4, -0.2) is 32.7 Å². The summed E-state index contributed by atoms with van der Waals surface area (Å²) in [4.78, 5) is 19.7. The Hall–Kier alpha value is -3.33. The lowest BCUT2D eigenvalue weighted by Gasteiger charge is -2.09. The molecule has 3 aromatic rings. The van der Waals surface area contributed by atoms with Crippen molar-refractivity contribution in [2.45, 2.75) is 20.0 Å². The van der Waals surface area contributed by atoms with Crippen molar-refractivity contribution in [1.29, 1.82) is 0 Å². The largest absolute Gasteiger partial charge is 0.473 e. The van der Waals surface area contributed by atoms with Crippen molar-refractivity contribution in [2.24, 2.45) is 5.73 Å². The molecule has 27 heavy (non-hydrogen) atoms. The zero-order chi connectivity index (χ0) is 19.4. The third-order valence-corrected chi connectivity index (χ3v) is 3.88. The average molecular weight is 372 g/mol. The number of aromatic nitrogens is 3. The summed E-state index contributed by atoms with van der Waals surface area (Å²) in [6, 6.07) is 5.79. The maximum atomic E-state index is 13.1. The molecule has 9 heteroatoms. The van der Waals surface area contributed by atoms with Crippen LogP contribution in [0.5, 0.6) is 5.88 Å². The van der Waals surface area contributed by atoms with E-state index >= 15 is 0 Å². The normalized spacial score (nSPS) is 10.8. The maximum absolute atomic E-state index is 13.1. The molecule has 0 saturated heterocycles. The van der Waals surface area contributed by atoms with E-state index in [9.17, 15) is 9.18 Å². The molecule has 0 spiro atoms. The smallest absolute Gasteiger partial charge is 0.250 e. The number of hydrogen-bond donors (Lipinski definition) is 2. The molecule has 0 saturated carbocycles. The number of nitrogens with two attached hydrogens (primary N) is 1. The van der Waals surface area contributed by atoms with E-state index in [2.05, 4.69) is 15.1 Å². The monoisotopic (exact) mass is 372 g/mol. The molecule has 8 nitrogen and oxygen atoms in total. The van der Waals surface area contributed by atoms with E-state index in [0.29, 0.717) is 28.4 Å². The van der Waals surface area contributed by atoms with Crippen LogP contribution in [0.15, 0.2) is 35.0 Å². The van der Waals surface area contributed by atoms with Crippen LogP contribution >= 0.6 is 0 Å². The van der Waals surface area contributed by atoms with Crippen LogP contribution in [0.3, 0.4) is 0 Å². The SMILES string of the molecule is Cc1onc(-c2ccc(F)cn2)c1COc1ccc(C(N)=O)c(CCO)n1. The van der Waals surface area contributed by atoms with Gasteiger partial charge in [-0.2, -0.15) is 0 Å². The van der Waals surface area contributed by atoms with Crippen LogP contribution in [0.1, 0.15) is 27.4 Å². The van der Waals surface area contributed by atoms with Crippen LogP contribution in [0.25, 0.3) is 11.4 Å². The number of carbonyl (C=O) groups excluding carboxylic acids is 1. The number of ether oxygens (including phenoxy) is 1. The number of aliphatic hydroxyl groups is 1. The highest BCUT2D eigenvalue weighted by Gasteiger charge is 2.17. The van der Waals surface area contributed by atoms with Gasteiger partial charge < -0.3 is 20.1 Å². The molecule has 0 unspecified atom stereocenters. The number of hydrogen-bond acceptors (Lipinski definition) is 7. The van der Waals surface area contributed by atoms with Crippen LogP contribution in [0.2, 0.25) is 0 Å². The molecule has 0 aliphatic heterocycles. The van der Waals surface area contributed by atoms with E-state index in [-0.39, 0.29) is 31.1 Å². The maximum Gasteiger partial charge on any atom is 0.250 e. The van der Waals surface area contributed by atoms with Crippen molar-refractivity contribution in [2.75, 3.05) is 6.61 Å². The second-order valence-electron chi connectivity index (χ2n) is 5.70. The van der Waals surface area contributed by atoms with Crippen LogP contribution in [0.4, 0.5) is 4.39 Å². The van der Waals surface area contributed by atoms with Gasteiger partial charge in [0, 0.05) is 19.1 Å². The van der Waals surface area contributed by atoms with E-state index in [0.717, 1.165) is 6.20 Å². The van der Waals surface area contributed by atoms with Crippen LogP contribution < -0.4 is 10.5 Å². The fourth-order valence-electron chi connectivity index (χ4n) is 2.51. The van der Waals surface area contributed by atoms with E-state index in [1.54, 1.807) is 6.92 Å². The van der Waals surface area contributed by atoms with E-state index < -0.39 is 11.7 Å². The minimum atomic E-state index is -0.628. The number of rotatable bonds is 7. The van der Waals surface area contributed by atoms with E-state index in [1.165, 1.54) is 24.3 Å². The van der Waals surface area contributed by atoms with Gasteiger partial charge in [-0.25, -0.2) is 9.37 Å². The van der Waals surface area contributed by atoms with Gasteiger partial charge in [0.2, 0.25) is 5.88 Å². The number of halogens is 1. The molecule has 140 valence electrons. The first kappa shape index (κ1) is 18.5. The Morgan fingerprint density at radius 3 is 2.81 bits per heavy atom. The number of aryl methyl sites for hydroxylation is 1. The van der Waals surface area contributed by atoms with Gasteiger partial charge in [-0.05, 0) is 25.1 Å². The van der Waals surface area contributed by atoms with Crippen LogP contribution in [-0.2, 0) is 13.0 Å². The number of aliphatic hydroxyl groups excluding tert-OH is 1. The first-order valence-corrected chi connectivity index (χ1v) is 8.10. The molecule has 0 fully saturated rings. The molecule has 1 amide bonds. The van der Waals surface area contributed by atoms with Gasteiger partial charge in [-0.1, -0.05) is 5.16 Å². The topological polar surface area (TPSA) is 124 Å². The first-order valence-electron chi connectivity index (χ1n) is 8.10. The minimum Gasteiger partial charge on any atom is -0.473 e. The molecule has 0 aliphatic rings. The Bertz CT molecular complexity index is 956. The molecule has 0 radical (unpaired) electrons. The lowest BCUT2D eigenvalue weighted by atomic mass is 10.1. The molecule has 3 heterocycles. The van der Waals surface area contributed by atoms with Crippen molar-refractivity contribution in [1.82, 2.24) is 15.1 Å². The molecule has 0 bridgehead atoms. The second-order valence-corrected chi connectivity index (χ2v) is 5.70. The number of pyridine rings is 2. The van der Waals surface area contributed by atoms with E-state index in [1.807, 2.05) is 0 Å². The fourth-order valence-corrected chi connectivity index (χ4v) is 2.51. The summed E-state index contributed by atoms with van der Waals surface area (Å²) in [5.74, 6) is -0.300. The van der Waals surface area contributed by atoms with Gasteiger partial charge in [-0.3, -0.25) is 9.78 Å². The summed E-state index contributed by atoms with van der Waals surface area (Å²) in [5.41, 5.74) is 7.42. The van der Waals surface area contributed by atoms with Crippen molar-refractivity contribution < 1.29 is 23.6 Å². The molecular weight excluding hydrogens is 355 g/mol. The third-order valence-electron chi connectivity index (χ3n) is 3.88. The highest BCUT2D eigenvalue weighted by atomic mass is 19.1. The van der Waals surface area contributed by atoms with Gasteiger partial charge in [0.1, 0.15) is 23.9 Å². The van der Waals surface area contributed by atoms with E-state index in [4.69, 9.17) is 20.1 Å². The number of nitrogens with zero attached hydrogens (tertiary/aromatic N) is 3. The molecule has 0 aromatic carbocycles. The molecule has 3 N–H and O–H groups in total. The summed E-state index contributed by atoms with van der Waals surface area (Å²) in [5, 5.41) is 13.1. The molecule has 0 aliphatic carbocycles. The number of carbonyl (C=O) groups is 1. The van der Waals surface area contributed by atoms with Crippen molar-refractivity contribution in [3.8, 4) is 17.3 Å². The van der Waals surface area contributed by atoms with Gasteiger partial charge in [-0.15, -0.1) is 0 Å². The summed E-state index contributed by atoms with van der Waals surface area (Å²) in [7, 11) is 0. The predicted octanol–water partition coefficient (Wildman–Crippen LogP) is 1.79. The second kappa shape index (κ2) is 7.92. The standard InChI is InChI=1S/C18H17FN4O4/c1-10-13(17(23-27-10)15-4-2-11(19)8-21-15)9-26-16-5-3-12(18(20)25)14(22-16)6-7-24/h2-5,8,24H,6-7,9H2,1H3,(H2,20,25). The Morgan fingerprint density at radius 1 is 1.33 bits per heavy atom. The first-order chi connectivity index (χ1) is 13.0. The van der Waals surface area contributed by atoms with Gasteiger partial charge in [0.05, 0.1) is 28.7 Å². The Kier molecular flexibility index (Phi) is 5.41. The number of amides is 1. The molecule has 0 atom stereocenters. The van der Waals surface area contributed by atoms with Crippen LogP contribution in [0, 0.1) is 12.7 Å². The minimum absolute atomic E-state index is 0.0746. The summed E-state index contributed by atoms with van der Waals surface area (Å²) < 4.78 is 24.0. The fraction of sp³-hybridized carbons (Fsp3) is 0.222. The van der Waals surface area contributed by atoms with Gasteiger partial charge in [0.25, 0.3) is 5.91 Å². The zero-order valence-electron chi connectivity index (χ0n) is 14.5. The summed E-state index contributed by atoms with van der Waals surface area (Å²) in [6.07, 6.45) is 1.27. The average Bonchev–Trinajstić information content (AvgIpc) is 3.01. The number of primary amides is 1. The molecular formula is C18H17FN4O4. The van der Waals surface area contributed by atoms with Crippen molar-refractivity contribution in [3.63, 3.8) is 0 Å². The quantitative estimate of drug-likeness (QED) is 0.648. The zero-order valence-corrected chi connectivity index (χ0v) is 14.5. The third kappa shape index (κ3) is 4.09. The Balaban J connectivity index is 1.83. The van der Waals surface area contributed by atoms with Crippen molar-refractivity contribution in [3.05, 3.63) is 58.9 Å². The van der Waals surface area contributed by atoms with Gasteiger partial charge in [0.15, 0.2) is 0 Å². The highest BCUT2D eigenvalue weighted by Crippen LogP contribution is 2.25. The summed E-state index contributed by atoms with van der Waals surface area (Å²) >= 11 is 0. The Morgan fingerprint density at radius 2 is 2.15 bits per heavy atom. The lowest BCUT2D eigenvalue weighted by Crippen LogP contribution is -2.16.